The van der Waals surface area contributed by atoms with E-state index in [-0.39, 0.29) is 19.0 Å². The molecule has 0 spiro atoms. The first-order chi connectivity index (χ1) is 7.49. The smallest absolute Gasteiger partial charge is 0.323 e. The van der Waals surface area contributed by atoms with E-state index in [4.69, 9.17) is 11.5 Å². The lowest BCUT2D eigenvalue weighted by molar-refractivity contribution is -0.144. The summed E-state index contributed by atoms with van der Waals surface area (Å²) in [5.41, 5.74) is 0. The molecule has 1 amide bonds. The van der Waals surface area contributed by atoms with Crippen LogP contribution in [-0.4, -0.2) is 45.5 Å². The van der Waals surface area contributed by atoms with Crippen molar-refractivity contribution in [1.29, 1.82) is 0 Å². The van der Waals surface area contributed by atoms with Gasteiger partial charge in [0, 0.05) is 0 Å². The highest BCUT2D eigenvalue weighted by atomic mass is 32.2. The van der Waals surface area contributed by atoms with Crippen LogP contribution in [0.2, 0.25) is 0 Å². The highest BCUT2D eigenvalue weighted by molar-refractivity contribution is 8.01. The Morgan fingerprint density at radius 1 is 1.62 bits per heavy atom. The molecule has 0 aromatic heterocycles. The lowest BCUT2D eigenvalue weighted by Gasteiger charge is -2.28. The number of hydrogen-bond donors (Lipinski definition) is 1. The average molecular weight is 241 g/mol. The molecule has 0 aromatic rings. The molecule has 0 aliphatic carbocycles. The lowest BCUT2D eigenvalue weighted by atomic mass is 10.0. The number of carbonyl (C=O) groups is 2. The fraction of sp³-hybridized carbons (Fsp3) is 0.636. The van der Waals surface area contributed by atoms with Crippen molar-refractivity contribution in [3.05, 3.63) is 0 Å². The summed E-state index contributed by atoms with van der Waals surface area (Å²) in [4.78, 5) is 24.0. The number of amides is 1. The summed E-state index contributed by atoms with van der Waals surface area (Å²) in [7, 11) is 0. The monoisotopic (exact) mass is 241 g/mol. The summed E-state index contributed by atoms with van der Waals surface area (Å²) in [6.07, 6.45) is 6.92. The molecule has 16 heavy (non-hydrogen) atoms. The van der Waals surface area contributed by atoms with E-state index < -0.39 is 10.7 Å². The molecule has 4 nitrogen and oxygen atoms in total. The van der Waals surface area contributed by atoms with Gasteiger partial charge in [-0.05, 0) is 25.5 Å². The van der Waals surface area contributed by atoms with Crippen LogP contribution in [0, 0.1) is 12.3 Å². The first kappa shape index (κ1) is 12.9. The van der Waals surface area contributed by atoms with E-state index in [1.807, 2.05) is 6.92 Å². The normalized spacial score (nSPS) is 23.8. The van der Waals surface area contributed by atoms with Gasteiger partial charge in [-0.25, -0.2) is 0 Å². The molecule has 0 saturated carbocycles. The molecule has 88 valence electrons. The first-order valence-electron chi connectivity index (χ1n) is 5.08. The van der Waals surface area contributed by atoms with Crippen LogP contribution in [0.3, 0.4) is 0 Å². The molecule has 1 saturated heterocycles. The van der Waals surface area contributed by atoms with Crippen molar-refractivity contribution < 1.29 is 14.7 Å². The van der Waals surface area contributed by atoms with E-state index in [0.29, 0.717) is 0 Å². The number of carboxylic acids is 1. The predicted molar refractivity (Wildman–Crippen MR) is 63.1 cm³/mol. The number of nitrogens with zero attached hydrogens (tertiary/aromatic N) is 1. The Kier molecular flexibility index (Phi) is 4.25. The number of aliphatic carboxylic acids is 1. The molecule has 0 bridgehead atoms. The Labute approximate surface area is 99.4 Å². The Bertz CT molecular complexity index is 329. The fourth-order valence-corrected chi connectivity index (χ4v) is 3.04. The largest absolute Gasteiger partial charge is 0.480 e. The summed E-state index contributed by atoms with van der Waals surface area (Å²) < 4.78 is -0.494. The number of terminal acetylenes is 1. The molecule has 1 atom stereocenters. The molecule has 1 aliphatic rings. The molecule has 1 unspecified atom stereocenters. The summed E-state index contributed by atoms with van der Waals surface area (Å²) in [6, 6.07) is 0. The van der Waals surface area contributed by atoms with Gasteiger partial charge in [0.15, 0.2) is 0 Å². The molecular formula is C11H15NO3S. The molecule has 5 heteroatoms. The third-order valence-corrected chi connectivity index (χ3v) is 4.08. The van der Waals surface area contributed by atoms with Crippen molar-refractivity contribution in [1.82, 2.24) is 4.90 Å². The lowest BCUT2D eigenvalue weighted by Crippen LogP contribution is -2.46. The van der Waals surface area contributed by atoms with E-state index in [1.54, 1.807) is 11.8 Å². The zero-order valence-electron chi connectivity index (χ0n) is 9.23. The quantitative estimate of drug-likeness (QED) is 0.740. The molecule has 1 heterocycles. The summed E-state index contributed by atoms with van der Waals surface area (Å²) in [5, 5.41) is 8.72. The van der Waals surface area contributed by atoms with Crippen molar-refractivity contribution in [2.24, 2.45) is 0 Å². The minimum absolute atomic E-state index is 0.0568. The van der Waals surface area contributed by atoms with Gasteiger partial charge in [-0.2, -0.15) is 0 Å². The first-order valence-corrected chi connectivity index (χ1v) is 6.07. The summed E-state index contributed by atoms with van der Waals surface area (Å²) in [5.74, 6) is 2.08. The SMILES string of the molecule is C#CCN(CC(=O)O)C(=O)C1(C)CCCS1. The zero-order valence-corrected chi connectivity index (χ0v) is 10.0. The van der Waals surface area contributed by atoms with Gasteiger partial charge in [0.2, 0.25) is 5.91 Å². The van der Waals surface area contributed by atoms with Crippen LogP contribution >= 0.6 is 11.8 Å². The van der Waals surface area contributed by atoms with E-state index in [2.05, 4.69) is 5.92 Å². The highest BCUT2D eigenvalue weighted by Crippen LogP contribution is 2.39. The van der Waals surface area contributed by atoms with Crippen LogP contribution in [0.5, 0.6) is 0 Å². The standard InChI is InChI=1S/C11H15NO3S/c1-3-6-12(8-9(13)14)10(15)11(2)5-4-7-16-11/h1H,4-8H2,2H3,(H,13,14). The van der Waals surface area contributed by atoms with Crippen LogP contribution in [0.1, 0.15) is 19.8 Å². The number of carbonyl (C=O) groups excluding carboxylic acids is 1. The van der Waals surface area contributed by atoms with Gasteiger partial charge in [0.05, 0.1) is 11.3 Å². The summed E-state index contributed by atoms with van der Waals surface area (Å²) >= 11 is 1.58. The van der Waals surface area contributed by atoms with Crippen LogP contribution < -0.4 is 0 Å². The van der Waals surface area contributed by atoms with Gasteiger partial charge in [-0.1, -0.05) is 5.92 Å². The average Bonchev–Trinajstić information content (AvgIpc) is 2.64. The van der Waals surface area contributed by atoms with Crippen molar-refractivity contribution in [2.45, 2.75) is 24.5 Å². The van der Waals surface area contributed by atoms with Gasteiger partial charge in [0.1, 0.15) is 6.54 Å². The Morgan fingerprint density at radius 2 is 2.31 bits per heavy atom. The Hall–Kier alpha value is -1.15. The van der Waals surface area contributed by atoms with Gasteiger partial charge in [0.25, 0.3) is 0 Å². The van der Waals surface area contributed by atoms with E-state index in [1.165, 1.54) is 4.90 Å². The van der Waals surface area contributed by atoms with Crippen LogP contribution in [0.25, 0.3) is 0 Å². The van der Waals surface area contributed by atoms with E-state index in [9.17, 15) is 9.59 Å². The van der Waals surface area contributed by atoms with Gasteiger partial charge < -0.3 is 10.0 Å². The third-order valence-electron chi connectivity index (χ3n) is 2.57. The number of carboxylic acid groups (broad SMARTS) is 1. The zero-order chi connectivity index (χ0) is 12.2. The maximum atomic E-state index is 12.1. The second kappa shape index (κ2) is 5.26. The molecular weight excluding hydrogens is 226 g/mol. The van der Waals surface area contributed by atoms with Crippen LogP contribution in [0.4, 0.5) is 0 Å². The molecule has 0 aromatic carbocycles. The minimum Gasteiger partial charge on any atom is -0.480 e. The van der Waals surface area contributed by atoms with Crippen LogP contribution in [-0.2, 0) is 9.59 Å². The molecule has 1 rings (SSSR count). The van der Waals surface area contributed by atoms with Crippen molar-refractivity contribution in [3.63, 3.8) is 0 Å². The van der Waals surface area contributed by atoms with Crippen LogP contribution in [0.15, 0.2) is 0 Å². The minimum atomic E-state index is -1.03. The van der Waals surface area contributed by atoms with Gasteiger partial charge >= 0.3 is 5.97 Å². The maximum Gasteiger partial charge on any atom is 0.323 e. The highest BCUT2D eigenvalue weighted by Gasteiger charge is 2.40. The number of hydrogen-bond acceptors (Lipinski definition) is 3. The van der Waals surface area contributed by atoms with Crippen molar-refractivity contribution in [3.8, 4) is 12.3 Å². The second-order valence-corrected chi connectivity index (χ2v) is 5.54. The molecule has 1 fully saturated rings. The summed E-state index contributed by atoms with van der Waals surface area (Å²) in [6.45, 7) is 1.60. The molecule has 1 aliphatic heterocycles. The van der Waals surface area contributed by atoms with E-state index in [0.717, 1.165) is 18.6 Å². The number of thioether (sulfide) groups is 1. The second-order valence-electron chi connectivity index (χ2n) is 3.94. The number of rotatable bonds is 4. The topological polar surface area (TPSA) is 57.6 Å². The molecule has 1 N–H and O–H groups in total. The predicted octanol–water partition coefficient (Wildman–Crippen LogP) is 0.818. The van der Waals surface area contributed by atoms with Crippen molar-refractivity contribution in [2.75, 3.05) is 18.8 Å². The van der Waals surface area contributed by atoms with Crippen molar-refractivity contribution >= 4 is 23.6 Å². The molecule has 0 radical (unpaired) electrons. The Morgan fingerprint density at radius 3 is 2.75 bits per heavy atom. The van der Waals surface area contributed by atoms with Gasteiger partial charge in [-0.3, -0.25) is 9.59 Å². The fourth-order valence-electron chi connectivity index (χ4n) is 1.76. The van der Waals surface area contributed by atoms with E-state index >= 15 is 0 Å². The maximum absolute atomic E-state index is 12.1. The third kappa shape index (κ3) is 2.92. The van der Waals surface area contributed by atoms with Gasteiger partial charge in [-0.15, -0.1) is 18.2 Å². The Balaban J connectivity index is 2.74.